The molecule has 0 fully saturated rings. The minimum atomic E-state index is -0.815. The Kier molecular flexibility index (Phi) is 6.33. The van der Waals surface area contributed by atoms with E-state index >= 15 is 0 Å². The minimum Gasteiger partial charge on any atom is -0.481 e. The van der Waals surface area contributed by atoms with Gasteiger partial charge in [-0.2, -0.15) is 5.10 Å². The van der Waals surface area contributed by atoms with Crippen molar-refractivity contribution in [1.29, 1.82) is 0 Å². The number of carbonyl (C=O) groups is 2. The van der Waals surface area contributed by atoms with Crippen molar-refractivity contribution in [1.82, 2.24) is 15.1 Å². The van der Waals surface area contributed by atoms with Crippen LogP contribution in [0, 0.1) is 13.8 Å². The Hall–Kier alpha value is -2.63. The fraction of sp³-hybridized carbons (Fsp3) is 0.421. The summed E-state index contributed by atoms with van der Waals surface area (Å²) in [7, 11) is 0. The number of hydrogen-bond acceptors (Lipinski definition) is 3. The highest BCUT2D eigenvalue weighted by Crippen LogP contribution is 2.19. The van der Waals surface area contributed by atoms with Crippen LogP contribution in [0.2, 0.25) is 0 Å². The topological polar surface area (TPSA) is 84.2 Å². The number of rotatable bonds is 8. The van der Waals surface area contributed by atoms with Crippen molar-refractivity contribution in [3.8, 4) is 5.69 Å². The molecule has 0 aliphatic carbocycles. The van der Waals surface area contributed by atoms with Crippen molar-refractivity contribution < 1.29 is 14.7 Å². The lowest BCUT2D eigenvalue weighted by Gasteiger charge is -2.08. The molecule has 0 aliphatic heterocycles. The predicted octanol–water partition coefficient (Wildman–Crippen LogP) is 3.04. The Morgan fingerprint density at radius 3 is 2.48 bits per heavy atom. The molecule has 0 spiro atoms. The second-order valence-electron chi connectivity index (χ2n) is 6.11. The number of nitrogens with one attached hydrogen (secondary N) is 1. The number of nitrogens with zero attached hydrogens (tertiary/aromatic N) is 2. The number of unbranched alkanes of at least 4 members (excludes halogenated alkanes) is 1. The number of carbonyl (C=O) groups excluding carboxylic acids is 1. The zero-order valence-corrected chi connectivity index (χ0v) is 15.0. The average Bonchev–Trinajstić information content (AvgIpc) is 2.87. The summed E-state index contributed by atoms with van der Waals surface area (Å²) >= 11 is 0. The highest BCUT2D eigenvalue weighted by molar-refractivity contribution is 5.94. The Labute approximate surface area is 147 Å². The molecule has 6 heteroatoms. The van der Waals surface area contributed by atoms with E-state index in [9.17, 15) is 9.59 Å². The van der Waals surface area contributed by atoms with Gasteiger partial charge in [-0.25, -0.2) is 4.68 Å². The van der Waals surface area contributed by atoms with Crippen LogP contribution in [-0.4, -0.2) is 33.3 Å². The molecule has 0 atom stereocenters. The van der Waals surface area contributed by atoms with Gasteiger partial charge in [-0.05, 0) is 56.5 Å². The maximum absolute atomic E-state index is 12.1. The van der Waals surface area contributed by atoms with Gasteiger partial charge in [-0.3, -0.25) is 9.59 Å². The third-order valence-electron chi connectivity index (χ3n) is 4.22. The van der Waals surface area contributed by atoms with E-state index in [1.165, 1.54) is 0 Å². The van der Waals surface area contributed by atoms with Crippen molar-refractivity contribution in [3.63, 3.8) is 0 Å². The monoisotopic (exact) mass is 343 g/mol. The smallest absolute Gasteiger partial charge is 0.303 e. The Morgan fingerprint density at radius 1 is 1.20 bits per heavy atom. The van der Waals surface area contributed by atoms with Crippen LogP contribution in [0.15, 0.2) is 24.3 Å². The zero-order valence-electron chi connectivity index (χ0n) is 15.0. The largest absolute Gasteiger partial charge is 0.481 e. The predicted molar refractivity (Wildman–Crippen MR) is 96.2 cm³/mol. The van der Waals surface area contributed by atoms with Crippen molar-refractivity contribution in [2.75, 3.05) is 6.54 Å². The lowest BCUT2D eigenvalue weighted by molar-refractivity contribution is -0.136. The minimum absolute atomic E-state index is 0.0736. The van der Waals surface area contributed by atoms with Gasteiger partial charge in [0.15, 0.2) is 0 Å². The number of benzene rings is 1. The molecule has 2 aromatic rings. The molecular formula is C19H25N3O3. The summed E-state index contributed by atoms with van der Waals surface area (Å²) in [4.78, 5) is 22.9. The summed E-state index contributed by atoms with van der Waals surface area (Å²) in [6, 6.07) is 7.28. The van der Waals surface area contributed by atoms with Gasteiger partial charge in [0.1, 0.15) is 0 Å². The van der Waals surface area contributed by atoms with Crippen LogP contribution in [0.25, 0.3) is 5.69 Å². The number of amides is 1. The van der Waals surface area contributed by atoms with Gasteiger partial charge in [0.05, 0.1) is 11.4 Å². The third kappa shape index (κ3) is 4.68. The molecule has 0 saturated heterocycles. The maximum atomic E-state index is 12.1. The molecule has 1 heterocycles. The quantitative estimate of drug-likeness (QED) is 0.722. The molecular weight excluding hydrogens is 318 g/mol. The molecule has 0 bridgehead atoms. The number of aromatic nitrogens is 2. The van der Waals surface area contributed by atoms with E-state index in [2.05, 4.69) is 17.3 Å². The summed E-state index contributed by atoms with van der Waals surface area (Å²) in [6.07, 6.45) is 2.56. The first-order chi connectivity index (χ1) is 11.9. The Balaban J connectivity index is 2.15. The standard InChI is InChI=1S/C19H25N3O3/c1-4-5-12-20-19(25)15-6-8-16(9-7-15)22-14(3)17(13(2)21-22)10-11-18(23)24/h6-9H,4-5,10-12H2,1-3H3,(H,20,25)(H,23,24). The van der Waals surface area contributed by atoms with Gasteiger partial charge in [-0.15, -0.1) is 0 Å². The molecule has 2 rings (SSSR count). The average molecular weight is 343 g/mol. The lowest BCUT2D eigenvalue weighted by atomic mass is 10.1. The fourth-order valence-electron chi connectivity index (χ4n) is 2.75. The van der Waals surface area contributed by atoms with Gasteiger partial charge < -0.3 is 10.4 Å². The maximum Gasteiger partial charge on any atom is 0.303 e. The summed E-state index contributed by atoms with van der Waals surface area (Å²) in [6.45, 7) is 6.58. The summed E-state index contributed by atoms with van der Waals surface area (Å²) in [5, 5.41) is 16.3. The van der Waals surface area contributed by atoms with Gasteiger partial charge >= 0.3 is 5.97 Å². The first kappa shape index (κ1) is 18.7. The molecule has 1 aromatic carbocycles. The molecule has 0 saturated carbocycles. The van der Waals surface area contributed by atoms with E-state index in [1.54, 1.807) is 16.8 Å². The van der Waals surface area contributed by atoms with Crippen LogP contribution in [0.4, 0.5) is 0 Å². The summed E-state index contributed by atoms with van der Waals surface area (Å²) < 4.78 is 1.80. The Morgan fingerprint density at radius 2 is 1.88 bits per heavy atom. The van der Waals surface area contributed by atoms with Crippen molar-refractivity contribution in [2.45, 2.75) is 46.5 Å². The molecule has 1 aromatic heterocycles. The van der Waals surface area contributed by atoms with E-state index in [0.29, 0.717) is 18.5 Å². The van der Waals surface area contributed by atoms with Gasteiger partial charge in [0, 0.05) is 24.2 Å². The molecule has 0 unspecified atom stereocenters. The molecule has 134 valence electrons. The number of hydrogen-bond donors (Lipinski definition) is 2. The first-order valence-corrected chi connectivity index (χ1v) is 8.59. The summed E-state index contributed by atoms with van der Waals surface area (Å²) in [5.41, 5.74) is 4.20. The van der Waals surface area contributed by atoms with E-state index in [1.807, 2.05) is 26.0 Å². The van der Waals surface area contributed by atoms with Crippen LogP contribution in [-0.2, 0) is 11.2 Å². The SMILES string of the molecule is CCCCNC(=O)c1ccc(-n2nc(C)c(CCC(=O)O)c2C)cc1. The third-order valence-corrected chi connectivity index (χ3v) is 4.22. The van der Waals surface area contributed by atoms with Gasteiger partial charge in [0.25, 0.3) is 5.91 Å². The van der Waals surface area contributed by atoms with Crippen molar-refractivity contribution in [3.05, 3.63) is 46.8 Å². The van der Waals surface area contributed by atoms with Crippen molar-refractivity contribution >= 4 is 11.9 Å². The molecule has 0 radical (unpaired) electrons. The number of carboxylic acid groups (broad SMARTS) is 1. The summed E-state index contributed by atoms with van der Waals surface area (Å²) in [5.74, 6) is -0.888. The van der Waals surface area contributed by atoms with Crippen LogP contribution < -0.4 is 5.32 Å². The van der Waals surface area contributed by atoms with E-state index in [0.717, 1.165) is 35.5 Å². The number of carboxylic acids is 1. The van der Waals surface area contributed by atoms with E-state index in [-0.39, 0.29) is 12.3 Å². The number of aryl methyl sites for hydroxylation is 1. The molecule has 6 nitrogen and oxygen atoms in total. The molecule has 1 amide bonds. The lowest BCUT2D eigenvalue weighted by Crippen LogP contribution is -2.24. The van der Waals surface area contributed by atoms with Crippen LogP contribution in [0.5, 0.6) is 0 Å². The second kappa shape index (κ2) is 8.46. The van der Waals surface area contributed by atoms with Crippen LogP contribution in [0.3, 0.4) is 0 Å². The molecule has 0 aliphatic rings. The first-order valence-electron chi connectivity index (χ1n) is 8.59. The molecule has 2 N–H and O–H groups in total. The Bertz CT molecular complexity index is 748. The van der Waals surface area contributed by atoms with Crippen LogP contribution >= 0.6 is 0 Å². The van der Waals surface area contributed by atoms with E-state index in [4.69, 9.17) is 5.11 Å². The fourth-order valence-corrected chi connectivity index (χ4v) is 2.75. The van der Waals surface area contributed by atoms with Crippen LogP contribution in [0.1, 0.15) is 53.5 Å². The highest BCUT2D eigenvalue weighted by Gasteiger charge is 2.14. The second-order valence-corrected chi connectivity index (χ2v) is 6.11. The number of aliphatic carboxylic acids is 1. The highest BCUT2D eigenvalue weighted by atomic mass is 16.4. The van der Waals surface area contributed by atoms with Gasteiger partial charge in [0.2, 0.25) is 0 Å². The molecule has 25 heavy (non-hydrogen) atoms. The zero-order chi connectivity index (χ0) is 18.4. The van der Waals surface area contributed by atoms with E-state index < -0.39 is 5.97 Å². The van der Waals surface area contributed by atoms with Crippen molar-refractivity contribution in [2.24, 2.45) is 0 Å². The van der Waals surface area contributed by atoms with Gasteiger partial charge in [-0.1, -0.05) is 13.3 Å². The normalized spacial score (nSPS) is 10.7.